The molecule has 0 radical (unpaired) electrons. The molecule has 0 amide bonds. The molecule has 1 heterocycles. The van der Waals surface area contributed by atoms with Gasteiger partial charge in [-0.25, -0.2) is 0 Å². The molecule has 5 nitrogen and oxygen atoms in total. The van der Waals surface area contributed by atoms with Crippen LogP contribution >= 0.6 is 0 Å². The second-order valence-electron chi connectivity index (χ2n) is 10.7. The van der Waals surface area contributed by atoms with Crippen LogP contribution in [0.3, 0.4) is 0 Å². The predicted octanol–water partition coefficient (Wildman–Crippen LogP) is 2.27. The molecule has 4 saturated carbocycles. The Kier molecular flexibility index (Phi) is 3.53. The van der Waals surface area contributed by atoms with E-state index >= 15 is 0 Å². The summed E-state index contributed by atoms with van der Waals surface area (Å²) in [4.78, 5) is 24.7. The SMILES string of the molecule is C[C@H]1C[C@@H]2[C@H]3CC[C@@H]4CC(=O)CC[C@@]4(C)[C@@]34O[C@H]4C[C@@]2(C)[C@]1(O)C(=O)CO. The lowest BCUT2D eigenvalue weighted by molar-refractivity contribution is -0.170. The lowest BCUT2D eigenvalue weighted by Crippen LogP contribution is -2.64. The van der Waals surface area contributed by atoms with Gasteiger partial charge >= 0.3 is 0 Å². The van der Waals surface area contributed by atoms with Crippen molar-refractivity contribution in [2.75, 3.05) is 6.61 Å². The van der Waals surface area contributed by atoms with Crippen LogP contribution in [0.5, 0.6) is 0 Å². The van der Waals surface area contributed by atoms with Crippen LogP contribution in [0.2, 0.25) is 0 Å². The minimum absolute atomic E-state index is 0.0285. The highest BCUT2D eigenvalue weighted by atomic mass is 16.6. The normalized spacial score (nSPS) is 58.7. The molecule has 27 heavy (non-hydrogen) atoms. The summed E-state index contributed by atoms with van der Waals surface area (Å²) in [6.45, 7) is 5.75. The molecule has 1 spiro atoms. The maximum atomic E-state index is 12.6. The summed E-state index contributed by atoms with van der Waals surface area (Å²) in [6, 6.07) is 0. The molecule has 0 aromatic rings. The monoisotopic (exact) mass is 376 g/mol. The topological polar surface area (TPSA) is 87.1 Å². The van der Waals surface area contributed by atoms with E-state index in [9.17, 15) is 19.8 Å². The van der Waals surface area contributed by atoms with Crippen LogP contribution in [0.1, 0.15) is 65.7 Å². The maximum absolute atomic E-state index is 12.6. The van der Waals surface area contributed by atoms with E-state index in [1.165, 1.54) is 0 Å². The van der Waals surface area contributed by atoms with Crippen molar-refractivity contribution in [3.63, 3.8) is 0 Å². The Labute approximate surface area is 160 Å². The number of fused-ring (bicyclic) bond motifs is 3. The summed E-state index contributed by atoms with van der Waals surface area (Å²) in [5.41, 5.74) is -2.16. The van der Waals surface area contributed by atoms with Gasteiger partial charge in [-0.1, -0.05) is 20.8 Å². The molecule has 9 atom stereocenters. The molecule has 4 aliphatic carbocycles. The zero-order valence-electron chi connectivity index (χ0n) is 16.7. The van der Waals surface area contributed by atoms with Crippen LogP contribution in [-0.2, 0) is 14.3 Å². The Morgan fingerprint density at radius 1 is 1.22 bits per heavy atom. The smallest absolute Gasteiger partial charge is 0.190 e. The van der Waals surface area contributed by atoms with Crippen molar-refractivity contribution in [3.05, 3.63) is 0 Å². The molecule has 1 saturated heterocycles. The molecule has 5 aliphatic rings. The Morgan fingerprint density at radius 2 is 1.96 bits per heavy atom. The van der Waals surface area contributed by atoms with E-state index in [0.29, 0.717) is 36.9 Å². The molecule has 5 rings (SSSR count). The van der Waals surface area contributed by atoms with Gasteiger partial charge in [-0.15, -0.1) is 0 Å². The van der Waals surface area contributed by atoms with E-state index in [1.807, 2.05) is 6.92 Å². The fraction of sp³-hybridized carbons (Fsp3) is 0.909. The number of ether oxygens (including phenoxy) is 1. The third-order valence-electron chi connectivity index (χ3n) is 10.00. The second kappa shape index (κ2) is 5.22. The van der Waals surface area contributed by atoms with Gasteiger partial charge in [0.1, 0.15) is 23.6 Å². The van der Waals surface area contributed by atoms with Gasteiger partial charge < -0.3 is 14.9 Å². The van der Waals surface area contributed by atoms with Crippen LogP contribution in [0, 0.1) is 34.5 Å². The molecular weight excluding hydrogens is 344 g/mol. The highest BCUT2D eigenvalue weighted by molar-refractivity contribution is 5.90. The summed E-state index contributed by atoms with van der Waals surface area (Å²) >= 11 is 0. The molecule has 0 unspecified atom stereocenters. The highest BCUT2D eigenvalue weighted by Crippen LogP contribution is 2.77. The Balaban J connectivity index is 1.56. The lowest BCUT2D eigenvalue weighted by atomic mass is 9.44. The number of rotatable bonds is 2. The van der Waals surface area contributed by atoms with Crippen LogP contribution < -0.4 is 0 Å². The average molecular weight is 376 g/mol. The molecule has 0 aromatic carbocycles. The van der Waals surface area contributed by atoms with Crippen molar-refractivity contribution in [1.29, 1.82) is 0 Å². The van der Waals surface area contributed by atoms with Gasteiger partial charge in [0.05, 0.1) is 6.10 Å². The Morgan fingerprint density at radius 3 is 2.67 bits per heavy atom. The van der Waals surface area contributed by atoms with Crippen LogP contribution in [0.4, 0.5) is 0 Å². The fourth-order valence-corrected chi connectivity index (χ4v) is 8.55. The standard InChI is InChI=1S/C22H32O5/c1-12-8-16-15-5-4-13-9-14(24)6-7-19(13,2)22(15)18(27-22)10-20(16,3)21(12,26)17(25)11-23/h12-13,15-16,18,23,26H,4-11H2,1-3H3/t12-,13+,15+,16+,18-,19+,20+,21+,22+/m0/s1. The summed E-state index contributed by atoms with van der Waals surface area (Å²) in [6.07, 6.45) is 5.85. The lowest BCUT2D eigenvalue weighted by Gasteiger charge is -2.58. The van der Waals surface area contributed by atoms with Crippen LogP contribution in [-0.4, -0.2) is 45.7 Å². The van der Waals surface area contributed by atoms with E-state index in [0.717, 1.165) is 25.7 Å². The number of hydrogen-bond acceptors (Lipinski definition) is 5. The van der Waals surface area contributed by atoms with Gasteiger partial charge in [0.25, 0.3) is 0 Å². The van der Waals surface area contributed by atoms with Crippen molar-refractivity contribution >= 4 is 11.6 Å². The zero-order chi connectivity index (χ0) is 19.4. The molecule has 0 aromatic heterocycles. The molecule has 0 bridgehead atoms. The third kappa shape index (κ3) is 1.83. The van der Waals surface area contributed by atoms with Gasteiger partial charge in [0.15, 0.2) is 5.78 Å². The summed E-state index contributed by atoms with van der Waals surface area (Å²) in [5.74, 6) is 0.765. The number of aliphatic hydroxyl groups excluding tert-OH is 1. The first-order valence-corrected chi connectivity index (χ1v) is 10.7. The predicted molar refractivity (Wildman–Crippen MR) is 97.8 cm³/mol. The molecule has 1 aliphatic heterocycles. The quantitative estimate of drug-likeness (QED) is 0.722. The highest BCUT2D eigenvalue weighted by Gasteiger charge is 2.82. The summed E-state index contributed by atoms with van der Waals surface area (Å²) in [7, 11) is 0. The first-order valence-electron chi connectivity index (χ1n) is 10.7. The Bertz CT molecular complexity index is 719. The minimum atomic E-state index is -1.47. The Hall–Kier alpha value is -0.780. The fourth-order valence-electron chi connectivity index (χ4n) is 8.55. The van der Waals surface area contributed by atoms with Crippen molar-refractivity contribution in [2.24, 2.45) is 34.5 Å². The number of aliphatic hydroxyl groups is 2. The minimum Gasteiger partial charge on any atom is -0.388 e. The third-order valence-corrected chi connectivity index (χ3v) is 10.00. The van der Waals surface area contributed by atoms with Gasteiger partial charge in [-0.2, -0.15) is 0 Å². The summed E-state index contributed by atoms with van der Waals surface area (Å²) < 4.78 is 6.52. The maximum Gasteiger partial charge on any atom is 0.190 e. The van der Waals surface area contributed by atoms with E-state index in [-0.39, 0.29) is 29.0 Å². The van der Waals surface area contributed by atoms with Gasteiger partial charge in [-0.3, -0.25) is 9.59 Å². The van der Waals surface area contributed by atoms with Gasteiger partial charge in [0.2, 0.25) is 0 Å². The number of carbonyl (C=O) groups excluding carboxylic acids is 2. The van der Waals surface area contributed by atoms with E-state index in [2.05, 4.69) is 13.8 Å². The molecule has 150 valence electrons. The average Bonchev–Trinajstić information content (AvgIpc) is 3.31. The summed E-state index contributed by atoms with van der Waals surface area (Å²) in [5, 5.41) is 21.1. The molecule has 5 fully saturated rings. The number of epoxide rings is 1. The largest absolute Gasteiger partial charge is 0.388 e. The number of hydrogen-bond donors (Lipinski definition) is 2. The van der Waals surface area contributed by atoms with Gasteiger partial charge in [-0.05, 0) is 55.8 Å². The molecule has 5 heteroatoms. The number of carbonyl (C=O) groups is 2. The van der Waals surface area contributed by atoms with E-state index < -0.39 is 23.4 Å². The number of Topliss-reactive ketones (excluding diaryl/α,β-unsaturated/α-hetero) is 2. The van der Waals surface area contributed by atoms with Crippen molar-refractivity contribution < 1.29 is 24.5 Å². The van der Waals surface area contributed by atoms with Crippen molar-refractivity contribution in [2.45, 2.75) is 83.0 Å². The van der Waals surface area contributed by atoms with E-state index in [4.69, 9.17) is 4.74 Å². The molecular formula is C22H32O5. The molecule has 2 N–H and O–H groups in total. The van der Waals surface area contributed by atoms with Crippen LogP contribution in [0.15, 0.2) is 0 Å². The first kappa shape index (κ1) is 18.3. The van der Waals surface area contributed by atoms with E-state index in [1.54, 1.807) is 0 Å². The second-order valence-corrected chi connectivity index (χ2v) is 10.7. The first-order chi connectivity index (χ1) is 12.6. The zero-order valence-corrected chi connectivity index (χ0v) is 16.7. The van der Waals surface area contributed by atoms with Crippen molar-refractivity contribution in [3.8, 4) is 0 Å². The van der Waals surface area contributed by atoms with Crippen LogP contribution in [0.25, 0.3) is 0 Å². The van der Waals surface area contributed by atoms with Crippen molar-refractivity contribution in [1.82, 2.24) is 0 Å². The van der Waals surface area contributed by atoms with Gasteiger partial charge in [0, 0.05) is 23.7 Å². The number of ketones is 2.